The summed E-state index contributed by atoms with van der Waals surface area (Å²) in [4.78, 5) is 24.3. The SMILES string of the molecule is CCCOc1ccc(C(=O)O)cc1NC(=O)CC(c1ccccc1)c1ccccc1. The fourth-order valence-electron chi connectivity index (χ4n) is 3.28. The molecule has 30 heavy (non-hydrogen) atoms. The third kappa shape index (κ3) is 5.47. The largest absolute Gasteiger partial charge is 0.491 e. The highest BCUT2D eigenvalue weighted by Crippen LogP contribution is 2.30. The average molecular weight is 403 g/mol. The first-order valence-electron chi connectivity index (χ1n) is 9.98. The lowest BCUT2D eigenvalue weighted by molar-refractivity contribution is -0.116. The maximum atomic E-state index is 13.0. The molecule has 0 heterocycles. The van der Waals surface area contributed by atoms with Crippen molar-refractivity contribution in [1.29, 1.82) is 0 Å². The quantitative estimate of drug-likeness (QED) is 0.506. The molecular weight excluding hydrogens is 378 g/mol. The Hall–Kier alpha value is -3.60. The first-order chi connectivity index (χ1) is 14.6. The highest BCUT2D eigenvalue weighted by atomic mass is 16.5. The molecule has 0 atom stereocenters. The molecular formula is C25H25NO4. The van der Waals surface area contributed by atoms with Crippen LogP contribution in [0.2, 0.25) is 0 Å². The molecule has 0 saturated carbocycles. The zero-order chi connectivity index (χ0) is 21.3. The zero-order valence-corrected chi connectivity index (χ0v) is 16.9. The van der Waals surface area contributed by atoms with Crippen molar-refractivity contribution < 1.29 is 19.4 Å². The molecule has 3 rings (SSSR count). The monoisotopic (exact) mass is 403 g/mol. The molecule has 3 aromatic carbocycles. The number of anilines is 1. The topological polar surface area (TPSA) is 75.6 Å². The van der Waals surface area contributed by atoms with Crippen LogP contribution in [-0.2, 0) is 4.79 Å². The zero-order valence-electron chi connectivity index (χ0n) is 16.9. The minimum Gasteiger partial charge on any atom is -0.491 e. The molecule has 0 aliphatic heterocycles. The lowest BCUT2D eigenvalue weighted by atomic mass is 9.88. The molecule has 5 heteroatoms. The molecule has 154 valence electrons. The maximum absolute atomic E-state index is 13.0. The summed E-state index contributed by atoms with van der Waals surface area (Å²) < 4.78 is 5.69. The van der Waals surface area contributed by atoms with E-state index in [1.807, 2.05) is 67.6 Å². The molecule has 0 radical (unpaired) electrons. The molecule has 3 aromatic rings. The molecule has 0 fully saturated rings. The number of hydrogen-bond acceptors (Lipinski definition) is 3. The second-order valence-corrected chi connectivity index (χ2v) is 6.99. The van der Waals surface area contributed by atoms with Gasteiger partial charge in [-0.05, 0) is 35.7 Å². The number of carboxylic acids is 1. The summed E-state index contributed by atoms with van der Waals surface area (Å²) >= 11 is 0. The predicted octanol–water partition coefficient (Wildman–Crippen LogP) is 5.33. The number of carbonyl (C=O) groups is 2. The molecule has 5 nitrogen and oxygen atoms in total. The predicted molar refractivity (Wildman–Crippen MR) is 117 cm³/mol. The van der Waals surface area contributed by atoms with Gasteiger partial charge in [0.2, 0.25) is 5.91 Å². The number of amides is 1. The molecule has 0 spiro atoms. The summed E-state index contributed by atoms with van der Waals surface area (Å²) in [6.45, 7) is 2.46. The number of ether oxygens (including phenoxy) is 1. The van der Waals surface area contributed by atoms with Gasteiger partial charge in [-0.15, -0.1) is 0 Å². The highest BCUT2D eigenvalue weighted by Gasteiger charge is 2.19. The smallest absolute Gasteiger partial charge is 0.335 e. The highest BCUT2D eigenvalue weighted by molar-refractivity contribution is 5.96. The summed E-state index contributed by atoms with van der Waals surface area (Å²) in [6, 6.07) is 24.2. The third-order valence-corrected chi connectivity index (χ3v) is 4.76. The van der Waals surface area contributed by atoms with Gasteiger partial charge < -0.3 is 15.2 Å². The van der Waals surface area contributed by atoms with Crippen LogP contribution in [-0.4, -0.2) is 23.6 Å². The molecule has 0 aromatic heterocycles. The van der Waals surface area contributed by atoms with Crippen molar-refractivity contribution in [3.8, 4) is 5.75 Å². The number of nitrogens with one attached hydrogen (secondary N) is 1. The number of carboxylic acid groups (broad SMARTS) is 1. The number of aromatic carboxylic acids is 1. The van der Waals surface area contributed by atoms with Crippen molar-refractivity contribution in [2.45, 2.75) is 25.7 Å². The van der Waals surface area contributed by atoms with Crippen molar-refractivity contribution in [2.24, 2.45) is 0 Å². The molecule has 2 N–H and O–H groups in total. The Morgan fingerprint density at radius 3 is 2.07 bits per heavy atom. The Labute approximate surface area is 176 Å². The van der Waals surface area contributed by atoms with Crippen molar-refractivity contribution >= 4 is 17.6 Å². The fourth-order valence-corrected chi connectivity index (χ4v) is 3.28. The standard InChI is InChI=1S/C25H25NO4/c1-2-15-30-23-14-13-20(25(28)29)16-22(23)26-24(27)17-21(18-9-5-3-6-10-18)19-11-7-4-8-12-19/h3-14,16,21H,2,15,17H2,1H3,(H,26,27)(H,28,29). The van der Waals surface area contributed by atoms with Crippen LogP contribution < -0.4 is 10.1 Å². The van der Waals surface area contributed by atoms with Crippen LogP contribution in [0.15, 0.2) is 78.9 Å². The van der Waals surface area contributed by atoms with Crippen LogP contribution in [0.4, 0.5) is 5.69 Å². The van der Waals surface area contributed by atoms with E-state index in [2.05, 4.69) is 5.32 Å². The van der Waals surface area contributed by atoms with Crippen LogP contribution in [0.3, 0.4) is 0 Å². The number of benzene rings is 3. The molecule has 0 bridgehead atoms. The van der Waals surface area contributed by atoms with E-state index in [1.165, 1.54) is 12.1 Å². The van der Waals surface area contributed by atoms with E-state index in [4.69, 9.17) is 4.74 Å². The maximum Gasteiger partial charge on any atom is 0.335 e. The number of carbonyl (C=O) groups excluding carboxylic acids is 1. The van der Waals surface area contributed by atoms with Crippen LogP contribution in [0.5, 0.6) is 5.75 Å². The summed E-state index contributed by atoms with van der Waals surface area (Å²) in [5.41, 5.74) is 2.55. The van der Waals surface area contributed by atoms with Gasteiger partial charge in [-0.3, -0.25) is 4.79 Å². The minimum absolute atomic E-state index is 0.0943. The Morgan fingerprint density at radius 1 is 0.933 bits per heavy atom. The van der Waals surface area contributed by atoms with E-state index in [0.29, 0.717) is 18.0 Å². The van der Waals surface area contributed by atoms with Gasteiger partial charge in [0, 0.05) is 12.3 Å². The van der Waals surface area contributed by atoms with Gasteiger partial charge in [0.1, 0.15) is 5.75 Å². The Bertz CT molecular complexity index is 947. The van der Waals surface area contributed by atoms with E-state index in [0.717, 1.165) is 17.5 Å². The van der Waals surface area contributed by atoms with Gasteiger partial charge in [0.15, 0.2) is 0 Å². The number of rotatable bonds is 9. The van der Waals surface area contributed by atoms with E-state index in [1.54, 1.807) is 6.07 Å². The Morgan fingerprint density at radius 2 is 1.53 bits per heavy atom. The molecule has 0 saturated heterocycles. The van der Waals surface area contributed by atoms with Gasteiger partial charge in [-0.1, -0.05) is 67.6 Å². The van der Waals surface area contributed by atoms with Crippen molar-refractivity contribution in [3.05, 3.63) is 95.6 Å². The summed E-state index contributed by atoms with van der Waals surface area (Å²) in [5.74, 6) is -0.920. The van der Waals surface area contributed by atoms with Crippen LogP contribution in [0.25, 0.3) is 0 Å². The van der Waals surface area contributed by atoms with Gasteiger partial charge >= 0.3 is 5.97 Å². The Kier molecular flexibility index (Phi) is 7.22. The first-order valence-corrected chi connectivity index (χ1v) is 9.98. The van der Waals surface area contributed by atoms with E-state index in [-0.39, 0.29) is 23.8 Å². The van der Waals surface area contributed by atoms with Crippen LogP contribution in [0.1, 0.15) is 47.2 Å². The number of hydrogen-bond donors (Lipinski definition) is 2. The lowest BCUT2D eigenvalue weighted by Gasteiger charge is -2.19. The van der Waals surface area contributed by atoms with Crippen LogP contribution >= 0.6 is 0 Å². The molecule has 0 aliphatic rings. The normalized spacial score (nSPS) is 10.6. The second kappa shape index (κ2) is 10.3. The van der Waals surface area contributed by atoms with Gasteiger partial charge in [-0.2, -0.15) is 0 Å². The molecule has 1 amide bonds. The second-order valence-electron chi connectivity index (χ2n) is 6.99. The Balaban J connectivity index is 1.85. The minimum atomic E-state index is -1.06. The summed E-state index contributed by atoms with van der Waals surface area (Å²) in [7, 11) is 0. The molecule has 0 unspecified atom stereocenters. The van der Waals surface area contributed by atoms with E-state index in [9.17, 15) is 14.7 Å². The summed E-state index contributed by atoms with van der Waals surface area (Å²) in [6.07, 6.45) is 1.02. The third-order valence-electron chi connectivity index (χ3n) is 4.76. The van der Waals surface area contributed by atoms with Crippen molar-refractivity contribution in [1.82, 2.24) is 0 Å². The van der Waals surface area contributed by atoms with Gasteiger partial charge in [0.05, 0.1) is 17.9 Å². The average Bonchev–Trinajstić information content (AvgIpc) is 2.77. The molecule has 0 aliphatic carbocycles. The van der Waals surface area contributed by atoms with Crippen molar-refractivity contribution in [2.75, 3.05) is 11.9 Å². The van der Waals surface area contributed by atoms with Gasteiger partial charge in [0.25, 0.3) is 0 Å². The lowest BCUT2D eigenvalue weighted by Crippen LogP contribution is -2.17. The van der Waals surface area contributed by atoms with E-state index < -0.39 is 5.97 Å². The van der Waals surface area contributed by atoms with Gasteiger partial charge in [-0.25, -0.2) is 4.79 Å². The van der Waals surface area contributed by atoms with Crippen LogP contribution in [0, 0.1) is 0 Å². The van der Waals surface area contributed by atoms with Crippen molar-refractivity contribution in [3.63, 3.8) is 0 Å². The fraction of sp³-hybridized carbons (Fsp3) is 0.200. The first kappa shape index (κ1) is 21.1. The summed E-state index contributed by atoms with van der Waals surface area (Å²) in [5, 5.41) is 12.2. The van der Waals surface area contributed by atoms with E-state index >= 15 is 0 Å².